The molecule has 0 spiro atoms. The summed E-state index contributed by atoms with van der Waals surface area (Å²) in [6, 6.07) is 5.07. The lowest BCUT2D eigenvalue weighted by molar-refractivity contribution is -0.384. The van der Waals surface area contributed by atoms with Gasteiger partial charge < -0.3 is 10.2 Å². The third-order valence-corrected chi connectivity index (χ3v) is 5.56. The van der Waals surface area contributed by atoms with E-state index in [4.69, 9.17) is 0 Å². The fraction of sp³-hybridized carbons (Fsp3) is 0.632. The number of nitrogens with zero attached hydrogens (tertiary/aromatic N) is 2. The van der Waals surface area contributed by atoms with E-state index in [1.54, 1.807) is 12.1 Å². The fourth-order valence-corrected chi connectivity index (χ4v) is 4.00. The van der Waals surface area contributed by atoms with Gasteiger partial charge in [0.15, 0.2) is 0 Å². The Morgan fingerprint density at radius 1 is 1.16 bits per heavy atom. The molecule has 136 valence electrons. The van der Waals surface area contributed by atoms with Gasteiger partial charge in [-0.25, -0.2) is 0 Å². The van der Waals surface area contributed by atoms with Crippen molar-refractivity contribution in [2.75, 3.05) is 18.0 Å². The van der Waals surface area contributed by atoms with E-state index in [0.717, 1.165) is 45.2 Å². The molecule has 0 radical (unpaired) electrons. The second-order valence-electron chi connectivity index (χ2n) is 7.35. The van der Waals surface area contributed by atoms with E-state index in [-0.39, 0.29) is 22.6 Å². The van der Waals surface area contributed by atoms with Gasteiger partial charge in [-0.05, 0) is 50.2 Å². The lowest BCUT2D eigenvalue weighted by atomic mass is 9.86. The maximum Gasteiger partial charge on any atom is 0.293 e. The maximum atomic E-state index is 12.6. The van der Waals surface area contributed by atoms with Gasteiger partial charge in [0.1, 0.15) is 5.69 Å². The van der Waals surface area contributed by atoms with E-state index in [1.165, 1.54) is 18.9 Å². The quantitative estimate of drug-likeness (QED) is 0.663. The van der Waals surface area contributed by atoms with E-state index in [1.807, 2.05) is 0 Å². The standard InChI is InChI=1S/C19H27N3O3/c1-14-7-3-4-8-16(14)20-19(23)15-9-10-17(18(13-15)22(24)25)21-11-5-2-6-12-21/h9-10,13-14,16H,2-8,11-12H2,1H3,(H,20,23). The first-order valence-corrected chi connectivity index (χ1v) is 9.40. The zero-order chi connectivity index (χ0) is 17.8. The second kappa shape index (κ2) is 7.85. The number of carbonyl (C=O) groups is 1. The van der Waals surface area contributed by atoms with Crippen LogP contribution in [0.2, 0.25) is 0 Å². The van der Waals surface area contributed by atoms with E-state index in [2.05, 4.69) is 17.1 Å². The molecule has 1 saturated carbocycles. The molecule has 1 heterocycles. The third-order valence-electron chi connectivity index (χ3n) is 5.56. The lowest BCUT2D eigenvalue weighted by Crippen LogP contribution is -2.41. The minimum absolute atomic E-state index is 0.0336. The molecule has 2 unspecified atom stereocenters. The van der Waals surface area contributed by atoms with Crippen LogP contribution < -0.4 is 10.2 Å². The van der Waals surface area contributed by atoms with Crippen LogP contribution in [0.4, 0.5) is 11.4 Å². The van der Waals surface area contributed by atoms with Gasteiger partial charge in [-0.1, -0.05) is 19.8 Å². The van der Waals surface area contributed by atoms with Crippen molar-refractivity contribution in [2.45, 2.75) is 57.9 Å². The number of benzene rings is 1. The number of nitro groups is 1. The number of anilines is 1. The highest BCUT2D eigenvalue weighted by Crippen LogP contribution is 2.31. The molecule has 0 bridgehead atoms. The molecule has 6 heteroatoms. The summed E-state index contributed by atoms with van der Waals surface area (Å²) in [4.78, 5) is 25.8. The molecule has 1 amide bonds. The monoisotopic (exact) mass is 345 g/mol. The van der Waals surface area contributed by atoms with E-state index in [0.29, 0.717) is 17.2 Å². The summed E-state index contributed by atoms with van der Waals surface area (Å²) in [6.07, 6.45) is 7.73. The van der Waals surface area contributed by atoms with Crippen LogP contribution in [0, 0.1) is 16.0 Å². The van der Waals surface area contributed by atoms with E-state index >= 15 is 0 Å². The largest absolute Gasteiger partial charge is 0.366 e. The molecule has 2 atom stereocenters. The molecule has 1 aliphatic carbocycles. The Morgan fingerprint density at radius 2 is 1.88 bits per heavy atom. The summed E-state index contributed by atoms with van der Waals surface area (Å²) in [5, 5.41) is 14.6. The summed E-state index contributed by atoms with van der Waals surface area (Å²) in [5.41, 5.74) is 1.05. The molecule has 6 nitrogen and oxygen atoms in total. The zero-order valence-electron chi connectivity index (χ0n) is 14.9. The van der Waals surface area contributed by atoms with Crippen LogP contribution in [0.5, 0.6) is 0 Å². The van der Waals surface area contributed by atoms with Crippen LogP contribution in [0.15, 0.2) is 18.2 Å². The zero-order valence-corrected chi connectivity index (χ0v) is 14.9. The smallest absolute Gasteiger partial charge is 0.293 e. The minimum atomic E-state index is -0.371. The first-order valence-electron chi connectivity index (χ1n) is 9.40. The Bertz CT molecular complexity index is 641. The summed E-state index contributed by atoms with van der Waals surface area (Å²) in [7, 11) is 0. The molecular weight excluding hydrogens is 318 g/mol. The number of piperidine rings is 1. The van der Waals surface area contributed by atoms with Crippen LogP contribution in [0.3, 0.4) is 0 Å². The Hall–Kier alpha value is -2.11. The molecule has 2 fully saturated rings. The molecule has 1 N–H and O–H groups in total. The summed E-state index contributed by atoms with van der Waals surface area (Å²) in [6.45, 7) is 3.84. The van der Waals surface area contributed by atoms with E-state index in [9.17, 15) is 14.9 Å². The number of amides is 1. The summed E-state index contributed by atoms with van der Waals surface area (Å²) < 4.78 is 0. The summed E-state index contributed by atoms with van der Waals surface area (Å²) in [5.74, 6) is 0.257. The van der Waals surface area contributed by atoms with Crippen LogP contribution in [0.1, 0.15) is 62.2 Å². The van der Waals surface area contributed by atoms with Crippen molar-refractivity contribution >= 4 is 17.3 Å². The SMILES string of the molecule is CC1CCCCC1NC(=O)c1ccc(N2CCCCC2)c([N+](=O)[O-])c1. The van der Waals surface area contributed by atoms with Gasteiger partial charge in [0.05, 0.1) is 4.92 Å². The van der Waals surface area contributed by atoms with Crippen LogP contribution >= 0.6 is 0 Å². The normalized spacial score (nSPS) is 24.0. The average Bonchev–Trinajstić information content (AvgIpc) is 2.63. The molecule has 1 saturated heterocycles. The van der Waals surface area contributed by atoms with Crippen molar-refractivity contribution in [3.8, 4) is 0 Å². The molecule has 1 aliphatic heterocycles. The highest BCUT2D eigenvalue weighted by molar-refractivity contribution is 5.96. The number of carbonyl (C=O) groups excluding carboxylic acids is 1. The van der Waals surface area contributed by atoms with Crippen LogP contribution in [-0.4, -0.2) is 30.0 Å². The molecular formula is C19H27N3O3. The molecule has 3 rings (SSSR count). The van der Waals surface area contributed by atoms with Gasteiger partial charge in [-0.2, -0.15) is 0 Å². The maximum absolute atomic E-state index is 12.6. The minimum Gasteiger partial charge on any atom is -0.366 e. The Kier molecular flexibility index (Phi) is 5.56. The van der Waals surface area contributed by atoms with Gasteiger partial charge in [-0.15, -0.1) is 0 Å². The van der Waals surface area contributed by atoms with Gasteiger partial charge in [0.25, 0.3) is 11.6 Å². The lowest BCUT2D eigenvalue weighted by Gasteiger charge is -2.30. The molecule has 25 heavy (non-hydrogen) atoms. The van der Waals surface area contributed by atoms with Gasteiger partial charge in [-0.3, -0.25) is 14.9 Å². The number of rotatable bonds is 4. The van der Waals surface area contributed by atoms with Crippen molar-refractivity contribution in [3.63, 3.8) is 0 Å². The van der Waals surface area contributed by atoms with E-state index < -0.39 is 0 Å². The third kappa shape index (κ3) is 4.11. The first-order chi connectivity index (χ1) is 12.1. The van der Waals surface area contributed by atoms with Crippen molar-refractivity contribution in [2.24, 2.45) is 5.92 Å². The second-order valence-corrected chi connectivity index (χ2v) is 7.35. The highest BCUT2D eigenvalue weighted by atomic mass is 16.6. The predicted molar refractivity (Wildman–Crippen MR) is 98.0 cm³/mol. The van der Waals surface area contributed by atoms with Crippen molar-refractivity contribution in [1.82, 2.24) is 5.32 Å². The van der Waals surface area contributed by atoms with Crippen LogP contribution in [0.25, 0.3) is 0 Å². The fourth-order valence-electron chi connectivity index (χ4n) is 4.00. The van der Waals surface area contributed by atoms with Gasteiger partial charge in [0, 0.05) is 30.8 Å². The number of nitrogens with one attached hydrogen (secondary N) is 1. The number of hydrogen-bond acceptors (Lipinski definition) is 4. The topological polar surface area (TPSA) is 75.5 Å². The van der Waals surface area contributed by atoms with Crippen molar-refractivity contribution in [3.05, 3.63) is 33.9 Å². The number of nitro benzene ring substituents is 1. The van der Waals surface area contributed by atoms with Gasteiger partial charge in [0.2, 0.25) is 0 Å². The Morgan fingerprint density at radius 3 is 2.56 bits per heavy atom. The first kappa shape index (κ1) is 17.7. The van der Waals surface area contributed by atoms with Crippen molar-refractivity contribution in [1.29, 1.82) is 0 Å². The average molecular weight is 345 g/mol. The van der Waals surface area contributed by atoms with Crippen molar-refractivity contribution < 1.29 is 9.72 Å². The number of hydrogen-bond donors (Lipinski definition) is 1. The molecule has 2 aliphatic rings. The highest BCUT2D eigenvalue weighted by Gasteiger charge is 2.26. The molecule has 1 aromatic rings. The van der Waals surface area contributed by atoms with Crippen LogP contribution in [-0.2, 0) is 0 Å². The molecule has 0 aromatic heterocycles. The predicted octanol–water partition coefficient (Wildman–Crippen LogP) is 3.89. The molecule has 1 aromatic carbocycles. The Labute approximate surface area is 148 Å². The van der Waals surface area contributed by atoms with Gasteiger partial charge >= 0.3 is 0 Å². The Balaban J connectivity index is 1.78. The summed E-state index contributed by atoms with van der Waals surface area (Å²) >= 11 is 0.